The molecule has 0 aliphatic rings. The number of rotatable bonds is 3. The van der Waals surface area contributed by atoms with E-state index in [1.807, 2.05) is 13.0 Å². The van der Waals surface area contributed by atoms with Crippen LogP contribution in [0.4, 0.5) is 0 Å². The summed E-state index contributed by atoms with van der Waals surface area (Å²) in [5.41, 5.74) is 6.96. The lowest BCUT2D eigenvalue weighted by molar-refractivity contribution is 0.111. The number of nitrogens with zero attached hydrogens (tertiary/aromatic N) is 1. The molecule has 0 fully saturated rings. The number of carbonyl (C=O) groups is 1. The van der Waals surface area contributed by atoms with E-state index in [9.17, 15) is 4.79 Å². The van der Waals surface area contributed by atoms with Crippen molar-refractivity contribution >= 4 is 6.29 Å². The molecule has 0 saturated carbocycles. The van der Waals surface area contributed by atoms with Gasteiger partial charge >= 0.3 is 0 Å². The monoisotopic (exact) mass is 164 g/mol. The van der Waals surface area contributed by atoms with Crippen LogP contribution in [0.1, 0.15) is 35.6 Å². The van der Waals surface area contributed by atoms with Gasteiger partial charge in [-0.15, -0.1) is 0 Å². The van der Waals surface area contributed by atoms with Gasteiger partial charge in [0.1, 0.15) is 5.69 Å². The lowest BCUT2D eigenvalue weighted by Gasteiger charge is -2.07. The van der Waals surface area contributed by atoms with E-state index in [1.54, 1.807) is 12.1 Å². The van der Waals surface area contributed by atoms with Gasteiger partial charge in [-0.1, -0.05) is 13.0 Å². The molecule has 3 heteroatoms. The molecule has 2 N–H and O–H groups in total. The summed E-state index contributed by atoms with van der Waals surface area (Å²) in [5, 5.41) is 0. The van der Waals surface area contributed by atoms with E-state index < -0.39 is 0 Å². The molecule has 0 aromatic carbocycles. The number of aldehydes is 1. The number of hydrogen-bond acceptors (Lipinski definition) is 3. The highest BCUT2D eigenvalue weighted by Gasteiger charge is 2.04. The van der Waals surface area contributed by atoms with Gasteiger partial charge in [0.25, 0.3) is 0 Å². The molecule has 0 aliphatic heterocycles. The van der Waals surface area contributed by atoms with E-state index in [0.29, 0.717) is 5.69 Å². The first kappa shape index (κ1) is 8.87. The van der Waals surface area contributed by atoms with Crippen molar-refractivity contribution in [2.45, 2.75) is 19.4 Å². The second-order valence-corrected chi connectivity index (χ2v) is 2.62. The third-order valence-electron chi connectivity index (χ3n) is 1.73. The summed E-state index contributed by atoms with van der Waals surface area (Å²) < 4.78 is 0. The van der Waals surface area contributed by atoms with Crippen LogP contribution in [0.3, 0.4) is 0 Å². The van der Waals surface area contributed by atoms with Crippen LogP contribution >= 0.6 is 0 Å². The Kier molecular flexibility index (Phi) is 2.94. The second-order valence-electron chi connectivity index (χ2n) is 2.62. The molecule has 0 bridgehead atoms. The highest BCUT2D eigenvalue weighted by molar-refractivity contribution is 5.71. The first-order chi connectivity index (χ1) is 5.77. The maximum absolute atomic E-state index is 10.4. The maximum Gasteiger partial charge on any atom is 0.168 e. The third kappa shape index (κ3) is 1.89. The van der Waals surface area contributed by atoms with Gasteiger partial charge in [-0.3, -0.25) is 4.79 Å². The zero-order valence-electron chi connectivity index (χ0n) is 7.03. The lowest BCUT2D eigenvalue weighted by Crippen LogP contribution is -2.11. The summed E-state index contributed by atoms with van der Waals surface area (Å²) >= 11 is 0. The molecule has 0 amide bonds. The van der Waals surface area contributed by atoms with Crippen molar-refractivity contribution in [1.82, 2.24) is 4.98 Å². The SMILES string of the molecule is CC[C@@H](N)c1cccc(C=O)n1. The minimum atomic E-state index is -0.0649. The highest BCUT2D eigenvalue weighted by Crippen LogP contribution is 2.10. The van der Waals surface area contributed by atoms with Crippen LogP contribution in [0.25, 0.3) is 0 Å². The molecule has 1 atom stereocenters. The average molecular weight is 164 g/mol. The van der Waals surface area contributed by atoms with Gasteiger partial charge in [-0.25, -0.2) is 4.98 Å². The van der Waals surface area contributed by atoms with Crippen LogP contribution < -0.4 is 5.73 Å². The standard InChI is InChI=1S/C9H12N2O/c1-2-8(10)9-5-3-4-7(6-12)11-9/h3-6,8H,2,10H2,1H3/t8-/m1/s1. The summed E-state index contributed by atoms with van der Waals surface area (Å²) in [6, 6.07) is 5.23. The maximum atomic E-state index is 10.4. The van der Waals surface area contributed by atoms with E-state index in [0.717, 1.165) is 18.4 Å². The quantitative estimate of drug-likeness (QED) is 0.685. The topological polar surface area (TPSA) is 56.0 Å². The van der Waals surface area contributed by atoms with Crippen LogP contribution in [0.2, 0.25) is 0 Å². The fourth-order valence-corrected chi connectivity index (χ4v) is 0.950. The van der Waals surface area contributed by atoms with Gasteiger partial charge in [0, 0.05) is 6.04 Å². The van der Waals surface area contributed by atoms with E-state index in [2.05, 4.69) is 4.98 Å². The van der Waals surface area contributed by atoms with E-state index in [1.165, 1.54) is 0 Å². The Morgan fingerprint density at radius 2 is 2.42 bits per heavy atom. The highest BCUT2D eigenvalue weighted by atomic mass is 16.1. The van der Waals surface area contributed by atoms with E-state index in [4.69, 9.17) is 5.73 Å². The summed E-state index contributed by atoms with van der Waals surface area (Å²) in [5.74, 6) is 0. The summed E-state index contributed by atoms with van der Waals surface area (Å²) in [6.45, 7) is 1.99. The van der Waals surface area contributed by atoms with Crippen LogP contribution in [0, 0.1) is 0 Å². The second kappa shape index (κ2) is 3.97. The molecular weight excluding hydrogens is 152 g/mol. The lowest BCUT2D eigenvalue weighted by atomic mass is 10.1. The number of aromatic nitrogens is 1. The van der Waals surface area contributed by atoms with Gasteiger partial charge in [0.2, 0.25) is 0 Å². The molecule has 3 nitrogen and oxygen atoms in total. The number of nitrogens with two attached hydrogens (primary N) is 1. The molecule has 0 aliphatic carbocycles. The normalized spacial score (nSPS) is 12.5. The fraction of sp³-hybridized carbons (Fsp3) is 0.333. The Hall–Kier alpha value is -1.22. The van der Waals surface area contributed by atoms with Crippen molar-refractivity contribution in [2.75, 3.05) is 0 Å². The Morgan fingerprint density at radius 1 is 1.67 bits per heavy atom. The molecule has 1 aromatic rings. The number of carbonyl (C=O) groups excluding carboxylic acids is 1. The predicted octanol–water partition coefficient (Wildman–Crippen LogP) is 1.30. The van der Waals surface area contributed by atoms with Crippen LogP contribution in [0.5, 0.6) is 0 Å². The number of hydrogen-bond donors (Lipinski definition) is 1. The summed E-state index contributed by atoms with van der Waals surface area (Å²) in [6.07, 6.45) is 1.56. The summed E-state index contributed by atoms with van der Waals surface area (Å²) in [7, 11) is 0. The molecule has 1 rings (SSSR count). The molecule has 0 unspecified atom stereocenters. The number of pyridine rings is 1. The van der Waals surface area contributed by atoms with Gasteiger partial charge < -0.3 is 5.73 Å². The minimum absolute atomic E-state index is 0.0649. The smallest absolute Gasteiger partial charge is 0.168 e. The molecule has 1 aromatic heterocycles. The van der Waals surface area contributed by atoms with Crippen molar-refractivity contribution in [3.8, 4) is 0 Å². The van der Waals surface area contributed by atoms with Crippen LogP contribution in [-0.4, -0.2) is 11.3 Å². The van der Waals surface area contributed by atoms with E-state index >= 15 is 0 Å². The van der Waals surface area contributed by atoms with Crippen molar-refractivity contribution < 1.29 is 4.79 Å². The van der Waals surface area contributed by atoms with Crippen molar-refractivity contribution in [3.63, 3.8) is 0 Å². The van der Waals surface area contributed by atoms with Crippen molar-refractivity contribution in [1.29, 1.82) is 0 Å². The Balaban J connectivity index is 2.93. The molecule has 1 heterocycles. The van der Waals surface area contributed by atoms with Gasteiger partial charge in [0.05, 0.1) is 5.69 Å². The minimum Gasteiger partial charge on any atom is -0.323 e. The Labute approximate surface area is 71.6 Å². The van der Waals surface area contributed by atoms with Crippen molar-refractivity contribution in [2.24, 2.45) is 5.73 Å². The largest absolute Gasteiger partial charge is 0.323 e. The molecule has 12 heavy (non-hydrogen) atoms. The Morgan fingerprint density at radius 3 is 3.00 bits per heavy atom. The Bertz CT molecular complexity index is 273. The molecule has 0 saturated heterocycles. The van der Waals surface area contributed by atoms with Gasteiger partial charge in [0.15, 0.2) is 6.29 Å². The van der Waals surface area contributed by atoms with Crippen LogP contribution in [-0.2, 0) is 0 Å². The van der Waals surface area contributed by atoms with Gasteiger partial charge in [-0.05, 0) is 18.6 Å². The van der Waals surface area contributed by atoms with Crippen LogP contribution in [0.15, 0.2) is 18.2 Å². The van der Waals surface area contributed by atoms with E-state index in [-0.39, 0.29) is 6.04 Å². The van der Waals surface area contributed by atoms with Gasteiger partial charge in [-0.2, -0.15) is 0 Å². The predicted molar refractivity (Wildman–Crippen MR) is 46.8 cm³/mol. The summed E-state index contributed by atoms with van der Waals surface area (Å²) in [4.78, 5) is 14.4. The van der Waals surface area contributed by atoms with Crippen molar-refractivity contribution in [3.05, 3.63) is 29.6 Å². The zero-order valence-corrected chi connectivity index (χ0v) is 7.03. The molecular formula is C9H12N2O. The zero-order chi connectivity index (χ0) is 8.97. The molecule has 64 valence electrons. The first-order valence-electron chi connectivity index (χ1n) is 3.95. The third-order valence-corrected chi connectivity index (χ3v) is 1.73. The molecule has 0 spiro atoms. The molecule has 0 radical (unpaired) electrons. The average Bonchev–Trinajstić information content (AvgIpc) is 2.17. The fourth-order valence-electron chi connectivity index (χ4n) is 0.950. The first-order valence-corrected chi connectivity index (χ1v) is 3.95.